The first-order chi connectivity index (χ1) is 7.36. The van der Waals surface area contributed by atoms with Crippen molar-refractivity contribution in [2.24, 2.45) is 0 Å². The SMILES string of the molecule is OCC(CO)NCCOc1ccccc1. The van der Waals surface area contributed by atoms with Crippen LogP contribution in [0.3, 0.4) is 0 Å². The maximum atomic E-state index is 8.78. The molecule has 0 atom stereocenters. The molecule has 0 aromatic heterocycles. The standard InChI is InChI=1S/C11H17NO3/c13-8-10(9-14)12-6-7-15-11-4-2-1-3-5-11/h1-5,10,12-14H,6-9H2. The molecule has 0 aliphatic carbocycles. The second-order valence-corrected chi connectivity index (χ2v) is 3.18. The normalized spacial score (nSPS) is 10.6. The van der Waals surface area contributed by atoms with Crippen molar-refractivity contribution in [3.63, 3.8) is 0 Å². The summed E-state index contributed by atoms with van der Waals surface area (Å²) in [5.41, 5.74) is 0. The summed E-state index contributed by atoms with van der Waals surface area (Å²) in [6.07, 6.45) is 0. The summed E-state index contributed by atoms with van der Waals surface area (Å²) in [6.45, 7) is 0.977. The predicted octanol–water partition coefficient (Wildman–Crippen LogP) is 0.00820. The largest absolute Gasteiger partial charge is 0.492 e. The molecular weight excluding hydrogens is 194 g/mol. The molecule has 84 valence electrons. The summed E-state index contributed by atoms with van der Waals surface area (Å²) in [7, 11) is 0. The molecule has 0 saturated heterocycles. The number of hydrogen-bond acceptors (Lipinski definition) is 4. The molecule has 15 heavy (non-hydrogen) atoms. The van der Waals surface area contributed by atoms with E-state index in [-0.39, 0.29) is 19.3 Å². The van der Waals surface area contributed by atoms with E-state index < -0.39 is 0 Å². The number of benzene rings is 1. The van der Waals surface area contributed by atoms with Crippen molar-refractivity contribution in [2.75, 3.05) is 26.4 Å². The summed E-state index contributed by atoms with van der Waals surface area (Å²) in [4.78, 5) is 0. The van der Waals surface area contributed by atoms with Crippen molar-refractivity contribution < 1.29 is 14.9 Å². The van der Waals surface area contributed by atoms with Crippen LogP contribution in [0.2, 0.25) is 0 Å². The van der Waals surface area contributed by atoms with Crippen molar-refractivity contribution >= 4 is 0 Å². The fourth-order valence-electron chi connectivity index (χ4n) is 1.14. The molecule has 0 radical (unpaired) electrons. The van der Waals surface area contributed by atoms with Crippen molar-refractivity contribution in [1.29, 1.82) is 0 Å². The number of hydrogen-bond donors (Lipinski definition) is 3. The van der Waals surface area contributed by atoms with E-state index in [2.05, 4.69) is 5.32 Å². The van der Waals surface area contributed by atoms with E-state index in [1.165, 1.54) is 0 Å². The Morgan fingerprint density at radius 2 is 1.80 bits per heavy atom. The van der Waals surface area contributed by atoms with E-state index in [0.29, 0.717) is 13.2 Å². The second-order valence-electron chi connectivity index (χ2n) is 3.18. The van der Waals surface area contributed by atoms with Crippen LogP contribution in [0, 0.1) is 0 Å². The average Bonchev–Trinajstić information content (AvgIpc) is 2.31. The summed E-state index contributed by atoms with van der Waals surface area (Å²) >= 11 is 0. The summed E-state index contributed by atoms with van der Waals surface area (Å²) in [5, 5.41) is 20.5. The highest BCUT2D eigenvalue weighted by molar-refractivity contribution is 5.20. The Labute approximate surface area is 89.5 Å². The smallest absolute Gasteiger partial charge is 0.119 e. The monoisotopic (exact) mass is 211 g/mol. The Kier molecular flexibility index (Phi) is 5.77. The fraction of sp³-hybridized carbons (Fsp3) is 0.455. The maximum absolute atomic E-state index is 8.78. The molecule has 0 bridgehead atoms. The summed E-state index contributed by atoms with van der Waals surface area (Å²) in [5.74, 6) is 0.823. The molecule has 0 saturated carbocycles. The Morgan fingerprint density at radius 3 is 2.40 bits per heavy atom. The minimum Gasteiger partial charge on any atom is -0.492 e. The molecule has 4 nitrogen and oxygen atoms in total. The molecule has 1 rings (SSSR count). The van der Waals surface area contributed by atoms with Crippen LogP contribution in [0.25, 0.3) is 0 Å². The third-order valence-electron chi connectivity index (χ3n) is 1.99. The van der Waals surface area contributed by atoms with Crippen LogP contribution in [0.5, 0.6) is 5.75 Å². The average molecular weight is 211 g/mol. The van der Waals surface area contributed by atoms with Gasteiger partial charge in [-0.25, -0.2) is 0 Å². The number of para-hydroxylation sites is 1. The third-order valence-corrected chi connectivity index (χ3v) is 1.99. The lowest BCUT2D eigenvalue weighted by Gasteiger charge is -2.13. The van der Waals surface area contributed by atoms with Gasteiger partial charge in [-0.2, -0.15) is 0 Å². The van der Waals surface area contributed by atoms with E-state index >= 15 is 0 Å². The van der Waals surface area contributed by atoms with Gasteiger partial charge in [0.15, 0.2) is 0 Å². The van der Waals surface area contributed by atoms with Gasteiger partial charge in [-0.15, -0.1) is 0 Å². The number of aliphatic hydroxyl groups is 2. The first-order valence-corrected chi connectivity index (χ1v) is 4.99. The summed E-state index contributed by atoms with van der Waals surface area (Å²) < 4.78 is 5.42. The van der Waals surface area contributed by atoms with Crippen LogP contribution >= 0.6 is 0 Å². The van der Waals surface area contributed by atoms with Crippen LogP contribution in [0.15, 0.2) is 30.3 Å². The minimum absolute atomic E-state index is 0.0676. The van der Waals surface area contributed by atoms with Gasteiger partial charge in [0, 0.05) is 6.54 Å². The molecule has 1 aromatic carbocycles. The molecule has 0 spiro atoms. The topological polar surface area (TPSA) is 61.7 Å². The number of aliphatic hydroxyl groups excluding tert-OH is 2. The fourth-order valence-corrected chi connectivity index (χ4v) is 1.14. The van der Waals surface area contributed by atoms with Gasteiger partial charge in [0.1, 0.15) is 12.4 Å². The van der Waals surface area contributed by atoms with Gasteiger partial charge >= 0.3 is 0 Å². The van der Waals surface area contributed by atoms with Crippen molar-refractivity contribution in [3.8, 4) is 5.75 Å². The second kappa shape index (κ2) is 7.23. The Hall–Kier alpha value is -1.10. The van der Waals surface area contributed by atoms with E-state index in [9.17, 15) is 0 Å². The highest BCUT2D eigenvalue weighted by Gasteiger charge is 2.03. The van der Waals surface area contributed by atoms with Crippen molar-refractivity contribution in [3.05, 3.63) is 30.3 Å². The van der Waals surface area contributed by atoms with E-state index in [0.717, 1.165) is 5.75 Å². The van der Waals surface area contributed by atoms with Crippen LogP contribution in [-0.4, -0.2) is 42.6 Å². The van der Waals surface area contributed by atoms with E-state index in [4.69, 9.17) is 14.9 Å². The lowest BCUT2D eigenvalue weighted by atomic mass is 10.3. The van der Waals surface area contributed by atoms with Crippen molar-refractivity contribution in [2.45, 2.75) is 6.04 Å². The van der Waals surface area contributed by atoms with Crippen LogP contribution in [-0.2, 0) is 0 Å². The number of nitrogens with one attached hydrogen (secondary N) is 1. The van der Waals surface area contributed by atoms with Crippen LogP contribution in [0.1, 0.15) is 0 Å². The highest BCUT2D eigenvalue weighted by Crippen LogP contribution is 2.07. The minimum atomic E-state index is -0.260. The zero-order chi connectivity index (χ0) is 10.9. The van der Waals surface area contributed by atoms with Gasteiger partial charge in [0.05, 0.1) is 19.3 Å². The third kappa shape index (κ3) is 4.78. The summed E-state index contributed by atoms with van der Waals surface area (Å²) in [6, 6.07) is 9.26. The molecule has 0 aliphatic rings. The molecule has 1 aromatic rings. The lowest BCUT2D eigenvalue weighted by Crippen LogP contribution is -2.38. The Bertz CT molecular complexity index is 249. The lowest BCUT2D eigenvalue weighted by molar-refractivity contribution is 0.166. The van der Waals surface area contributed by atoms with Crippen LogP contribution < -0.4 is 10.1 Å². The van der Waals surface area contributed by atoms with E-state index in [1.807, 2.05) is 30.3 Å². The molecule has 0 unspecified atom stereocenters. The molecule has 4 heteroatoms. The molecule has 3 N–H and O–H groups in total. The highest BCUT2D eigenvalue weighted by atomic mass is 16.5. The zero-order valence-corrected chi connectivity index (χ0v) is 8.60. The van der Waals surface area contributed by atoms with Gasteiger partial charge in [-0.1, -0.05) is 18.2 Å². The zero-order valence-electron chi connectivity index (χ0n) is 8.60. The first kappa shape index (κ1) is 12.0. The van der Waals surface area contributed by atoms with Crippen LogP contribution in [0.4, 0.5) is 0 Å². The van der Waals surface area contributed by atoms with Gasteiger partial charge in [0.25, 0.3) is 0 Å². The van der Waals surface area contributed by atoms with E-state index in [1.54, 1.807) is 0 Å². The molecule has 0 aliphatic heterocycles. The quantitative estimate of drug-likeness (QED) is 0.556. The molecule has 0 heterocycles. The molecule has 0 amide bonds. The van der Waals surface area contributed by atoms with Gasteiger partial charge in [-0.3, -0.25) is 0 Å². The maximum Gasteiger partial charge on any atom is 0.119 e. The molecular formula is C11H17NO3. The van der Waals surface area contributed by atoms with Crippen molar-refractivity contribution in [1.82, 2.24) is 5.32 Å². The van der Waals surface area contributed by atoms with Gasteiger partial charge in [0.2, 0.25) is 0 Å². The number of rotatable bonds is 7. The molecule has 0 fully saturated rings. The first-order valence-electron chi connectivity index (χ1n) is 4.99. The van der Waals surface area contributed by atoms with Gasteiger partial charge < -0.3 is 20.3 Å². The Morgan fingerprint density at radius 1 is 1.13 bits per heavy atom. The predicted molar refractivity (Wildman–Crippen MR) is 57.9 cm³/mol. The number of ether oxygens (including phenoxy) is 1. The van der Waals surface area contributed by atoms with Gasteiger partial charge in [-0.05, 0) is 12.1 Å². The Balaban J connectivity index is 2.12.